The first-order chi connectivity index (χ1) is 5.67. The van der Waals surface area contributed by atoms with E-state index in [0.717, 1.165) is 14.2 Å². The van der Waals surface area contributed by atoms with Crippen LogP contribution in [0.1, 0.15) is 6.42 Å². The molecule has 70 valence electrons. The summed E-state index contributed by atoms with van der Waals surface area (Å²) < 4.78 is 20.4. The molecule has 0 atom stereocenters. The quantitative estimate of drug-likeness (QED) is 0.459. The molecule has 0 rings (SSSR count). The van der Waals surface area contributed by atoms with E-state index in [9.17, 15) is 14.0 Å². The Morgan fingerprint density at radius 3 is 1.92 bits per heavy atom. The number of methoxy groups -OCH3 is 2. The third-order valence-electron chi connectivity index (χ3n) is 1.37. The molecule has 0 saturated carbocycles. The molecule has 0 fully saturated rings. The highest BCUT2D eigenvalue weighted by atomic mass is 19.1. The van der Waals surface area contributed by atoms with Crippen LogP contribution in [0.15, 0.2) is 0 Å². The van der Waals surface area contributed by atoms with Crippen molar-refractivity contribution >= 4 is 11.9 Å². The Morgan fingerprint density at radius 1 is 1.25 bits per heavy atom. The van der Waals surface area contributed by atoms with E-state index >= 15 is 0 Å². The van der Waals surface area contributed by atoms with Crippen LogP contribution < -0.4 is 0 Å². The highest BCUT2D eigenvalue weighted by Crippen LogP contribution is 2.07. The molecule has 0 aliphatic heterocycles. The van der Waals surface area contributed by atoms with Crippen LogP contribution >= 0.6 is 0 Å². The van der Waals surface area contributed by atoms with Crippen LogP contribution in [-0.2, 0) is 19.1 Å². The van der Waals surface area contributed by atoms with Gasteiger partial charge in [-0.1, -0.05) is 0 Å². The summed E-state index contributed by atoms with van der Waals surface area (Å²) in [5.74, 6) is -2.66. The lowest BCUT2D eigenvalue weighted by Gasteiger charge is -2.09. The first-order valence-electron chi connectivity index (χ1n) is 3.39. The van der Waals surface area contributed by atoms with Crippen LogP contribution in [0, 0.1) is 5.92 Å². The van der Waals surface area contributed by atoms with Crippen LogP contribution in [0.5, 0.6) is 0 Å². The van der Waals surface area contributed by atoms with E-state index in [4.69, 9.17) is 0 Å². The minimum absolute atomic E-state index is 0.195. The van der Waals surface area contributed by atoms with Crippen molar-refractivity contribution in [1.82, 2.24) is 0 Å². The second kappa shape index (κ2) is 5.51. The third-order valence-corrected chi connectivity index (χ3v) is 1.37. The molecule has 12 heavy (non-hydrogen) atoms. The van der Waals surface area contributed by atoms with Crippen molar-refractivity contribution in [3.05, 3.63) is 0 Å². The number of ether oxygens (including phenoxy) is 2. The average molecular weight is 178 g/mol. The van der Waals surface area contributed by atoms with E-state index in [0.29, 0.717) is 0 Å². The fourth-order valence-electron chi connectivity index (χ4n) is 0.726. The zero-order chi connectivity index (χ0) is 9.56. The molecule has 0 aromatic heterocycles. The van der Waals surface area contributed by atoms with Gasteiger partial charge in [-0.2, -0.15) is 0 Å². The zero-order valence-corrected chi connectivity index (χ0v) is 7.00. The molecular weight excluding hydrogens is 167 g/mol. The highest BCUT2D eigenvalue weighted by molar-refractivity contribution is 5.94. The van der Waals surface area contributed by atoms with Gasteiger partial charge in [0.2, 0.25) is 0 Å². The molecule has 0 aromatic carbocycles. The maximum Gasteiger partial charge on any atom is 0.320 e. The average Bonchev–Trinajstić information content (AvgIpc) is 2.11. The van der Waals surface area contributed by atoms with Crippen molar-refractivity contribution in [3.63, 3.8) is 0 Å². The van der Waals surface area contributed by atoms with E-state index < -0.39 is 24.5 Å². The fourth-order valence-corrected chi connectivity index (χ4v) is 0.726. The normalized spacial score (nSPS) is 9.67. The van der Waals surface area contributed by atoms with Gasteiger partial charge in [-0.3, -0.25) is 14.0 Å². The van der Waals surface area contributed by atoms with Crippen molar-refractivity contribution in [3.8, 4) is 0 Å². The number of halogens is 1. The van der Waals surface area contributed by atoms with Gasteiger partial charge < -0.3 is 9.47 Å². The van der Waals surface area contributed by atoms with Crippen molar-refractivity contribution in [2.24, 2.45) is 5.92 Å². The van der Waals surface area contributed by atoms with E-state index in [1.165, 1.54) is 0 Å². The summed E-state index contributed by atoms with van der Waals surface area (Å²) >= 11 is 0. The zero-order valence-electron chi connectivity index (χ0n) is 7.00. The number of esters is 2. The van der Waals surface area contributed by atoms with Gasteiger partial charge in [0.15, 0.2) is 5.92 Å². The van der Waals surface area contributed by atoms with Gasteiger partial charge in [0.1, 0.15) is 0 Å². The van der Waals surface area contributed by atoms with Gasteiger partial charge in [-0.05, 0) is 6.42 Å². The van der Waals surface area contributed by atoms with Crippen molar-refractivity contribution in [1.29, 1.82) is 0 Å². The fraction of sp³-hybridized carbons (Fsp3) is 0.714. The number of hydrogen-bond donors (Lipinski definition) is 0. The molecule has 0 bridgehead atoms. The standard InChI is InChI=1S/C7H11FO4/c1-11-6(9)5(3-4-8)7(10)12-2/h5H,3-4H2,1-2H3. The second-order valence-electron chi connectivity index (χ2n) is 2.08. The predicted molar refractivity (Wildman–Crippen MR) is 38.1 cm³/mol. The highest BCUT2D eigenvalue weighted by Gasteiger charge is 2.27. The Labute approximate surface area is 69.6 Å². The third kappa shape index (κ3) is 2.86. The first kappa shape index (κ1) is 10.9. The smallest absolute Gasteiger partial charge is 0.320 e. The van der Waals surface area contributed by atoms with Crippen LogP contribution in [0.25, 0.3) is 0 Å². The molecule has 0 saturated heterocycles. The van der Waals surface area contributed by atoms with Crippen LogP contribution in [-0.4, -0.2) is 32.8 Å². The molecule has 0 radical (unpaired) electrons. The molecule has 5 heteroatoms. The van der Waals surface area contributed by atoms with Gasteiger partial charge in [0, 0.05) is 0 Å². The molecule has 4 nitrogen and oxygen atoms in total. The molecule has 0 unspecified atom stereocenters. The molecule has 0 aliphatic rings. The van der Waals surface area contributed by atoms with Gasteiger partial charge in [-0.25, -0.2) is 0 Å². The molecule has 0 N–H and O–H groups in total. The summed E-state index contributed by atoms with van der Waals surface area (Å²) in [6, 6.07) is 0. The summed E-state index contributed by atoms with van der Waals surface area (Å²) in [4.78, 5) is 21.6. The van der Waals surface area contributed by atoms with Gasteiger partial charge in [-0.15, -0.1) is 0 Å². The Balaban J connectivity index is 4.21. The van der Waals surface area contributed by atoms with Crippen molar-refractivity contribution in [2.45, 2.75) is 6.42 Å². The molecule has 0 spiro atoms. The Morgan fingerprint density at radius 2 is 1.67 bits per heavy atom. The van der Waals surface area contributed by atoms with Gasteiger partial charge >= 0.3 is 11.9 Å². The summed E-state index contributed by atoms with van der Waals surface area (Å²) in [7, 11) is 2.27. The summed E-state index contributed by atoms with van der Waals surface area (Å²) in [6.07, 6.45) is -0.195. The number of carbonyl (C=O) groups excluding carboxylic acids is 2. The maximum absolute atomic E-state index is 11.8. The lowest BCUT2D eigenvalue weighted by atomic mass is 10.1. The molecule has 0 heterocycles. The lowest BCUT2D eigenvalue weighted by Crippen LogP contribution is -2.26. The lowest BCUT2D eigenvalue weighted by molar-refractivity contribution is -0.159. The summed E-state index contributed by atoms with van der Waals surface area (Å²) in [6.45, 7) is -0.755. The largest absolute Gasteiger partial charge is 0.468 e. The Kier molecular flexibility index (Phi) is 4.99. The number of carbonyl (C=O) groups is 2. The molecule has 0 amide bonds. The molecular formula is C7H11FO4. The topological polar surface area (TPSA) is 52.6 Å². The summed E-state index contributed by atoms with van der Waals surface area (Å²) in [5, 5.41) is 0. The Hall–Kier alpha value is -1.13. The van der Waals surface area contributed by atoms with Crippen molar-refractivity contribution in [2.75, 3.05) is 20.9 Å². The maximum atomic E-state index is 11.8. The Bertz CT molecular complexity index is 153. The first-order valence-corrected chi connectivity index (χ1v) is 3.39. The minimum atomic E-state index is -1.13. The monoisotopic (exact) mass is 178 g/mol. The van der Waals surface area contributed by atoms with Crippen LogP contribution in [0.4, 0.5) is 4.39 Å². The molecule has 0 aliphatic carbocycles. The SMILES string of the molecule is COC(=O)C(CCF)C(=O)OC. The number of alkyl halides is 1. The van der Waals surface area contributed by atoms with E-state index in [1.54, 1.807) is 0 Å². The predicted octanol–water partition coefficient (Wildman–Crippen LogP) is 0.308. The van der Waals surface area contributed by atoms with E-state index in [2.05, 4.69) is 9.47 Å². The van der Waals surface area contributed by atoms with Crippen molar-refractivity contribution < 1.29 is 23.5 Å². The van der Waals surface area contributed by atoms with Crippen LogP contribution in [0.2, 0.25) is 0 Å². The summed E-state index contributed by atoms with van der Waals surface area (Å²) in [5.41, 5.74) is 0. The minimum Gasteiger partial charge on any atom is -0.468 e. The van der Waals surface area contributed by atoms with Crippen LogP contribution in [0.3, 0.4) is 0 Å². The van der Waals surface area contributed by atoms with Gasteiger partial charge in [0.05, 0.1) is 20.9 Å². The second-order valence-corrected chi connectivity index (χ2v) is 2.08. The van der Waals surface area contributed by atoms with E-state index in [1.807, 2.05) is 0 Å². The van der Waals surface area contributed by atoms with E-state index in [-0.39, 0.29) is 6.42 Å². The number of rotatable bonds is 4. The van der Waals surface area contributed by atoms with Gasteiger partial charge in [0.25, 0.3) is 0 Å². The number of hydrogen-bond acceptors (Lipinski definition) is 4. The molecule has 0 aromatic rings.